The number of carbonyl (C=O) groups excluding carboxylic acids is 2. The van der Waals surface area contributed by atoms with Gasteiger partial charge in [0.25, 0.3) is 5.79 Å². The lowest BCUT2D eigenvalue weighted by Crippen LogP contribution is -2.39. The molecule has 0 radical (unpaired) electrons. The van der Waals surface area contributed by atoms with Gasteiger partial charge < -0.3 is 18.9 Å². The molecule has 1 heterocycles. The van der Waals surface area contributed by atoms with Crippen LogP contribution in [0.2, 0.25) is 0 Å². The van der Waals surface area contributed by atoms with Crippen LogP contribution < -0.4 is 14.2 Å². The molecule has 1 atom stereocenters. The summed E-state index contributed by atoms with van der Waals surface area (Å²) in [6, 6.07) is 11.6. The Hall–Kier alpha value is -3.28. The Kier molecular flexibility index (Phi) is 4.42. The molecular formula is C20H18O6. The minimum atomic E-state index is -1.37. The maximum absolute atomic E-state index is 12.5. The summed E-state index contributed by atoms with van der Waals surface area (Å²) in [5, 5.41) is 0. The van der Waals surface area contributed by atoms with E-state index in [2.05, 4.69) is 6.58 Å². The minimum absolute atomic E-state index is 0.131. The van der Waals surface area contributed by atoms with Gasteiger partial charge in [-0.1, -0.05) is 12.6 Å². The van der Waals surface area contributed by atoms with Crippen LogP contribution in [0.1, 0.15) is 29.8 Å². The quantitative estimate of drug-likeness (QED) is 0.475. The van der Waals surface area contributed by atoms with Crippen molar-refractivity contribution in [1.82, 2.24) is 0 Å². The zero-order valence-electron chi connectivity index (χ0n) is 14.7. The summed E-state index contributed by atoms with van der Waals surface area (Å²) >= 11 is 0. The number of hydrogen-bond acceptors (Lipinski definition) is 6. The molecule has 2 aromatic carbocycles. The minimum Gasteiger partial charge on any atom is -0.497 e. The number of para-hydroxylation sites is 1. The average molecular weight is 354 g/mol. The van der Waals surface area contributed by atoms with Crippen LogP contribution in [0.5, 0.6) is 17.2 Å². The van der Waals surface area contributed by atoms with E-state index in [1.54, 1.807) is 56.5 Å². The first-order chi connectivity index (χ1) is 12.3. The molecule has 26 heavy (non-hydrogen) atoms. The molecule has 134 valence electrons. The van der Waals surface area contributed by atoms with Crippen molar-refractivity contribution >= 4 is 11.9 Å². The van der Waals surface area contributed by atoms with E-state index in [0.29, 0.717) is 11.3 Å². The Balaban J connectivity index is 2.00. The first-order valence-corrected chi connectivity index (χ1v) is 7.91. The molecule has 6 heteroatoms. The Labute approximate surface area is 150 Å². The summed E-state index contributed by atoms with van der Waals surface area (Å²) in [5.41, 5.74) is 1.03. The van der Waals surface area contributed by atoms with Gasteiger partial charge in [0, 0.05) is 18.1 Å². The topological polar surface area (TPSA) is 71.1 Å². The lowest BCUT2D eigenvalue weighted by molar-refractivity contribution is -0.150. The van der Waals surface area contributed by atoms with E-state index >= 15 is 0 Å². The van der Waals surface area contributed by atoms with Crippen molar-refractivity contribution in [2.45, 2.75) is 19.6 Å². The molecular weight excluding hydrogens is 336 g/mol. The number of esters is 2. The number of carbonyl (C=O) groups is 2. The first kappa shape index (κ1) is 17.5. The van der Waals surface area contributed by atoms with Gasteiger partial charge in [-0.3, -0.25) is 0 Å². The molecule has 0 aliphatic carbocycles. The normalized spacial score (nSPS) is 18.2. The predicted molar refractivity (Wildman–Crippen MR) is 93.3 cm³/mol. The van der Waals surface area contributed by atoms with Gasteiger partial charge in [0.1, 0.15) is 11.3 Å². The van der Waals surface area contributed by atoms with E-state index in [1.165, 1.54) is 6.92 Å². The Bertz CT molecular complexity index is 884. The fourth-order valence-electron chi connectivity index (χ4n) is 2.51. The van der Waals surface area contributed by atoms with Gasteiger partial charge in [-0.25, -0.2) is 9.59 Å². The van der Waals surface area contributed by atoms with Crippen molar-refractivity contribution in [3.63, 3.8) is 0 Å². The molecule has 0 amide bonds. The number of hydrogen-bond donors (Lipinski definition) is 0. The second-order valence-corrected chi connectivity index (χ2v) is 5.97. The lowest BCUT2D eigenvalue weighted by Gasteiger charge is -2.35. The van der Waals surface area contributed by atoms with Crippen LogP contribution in [0.25, 0.3) is 0 Å². The van der Waals surface area contributed by atoms with E-state index < -0.39 is 17.7 Å². The predicted octanol–water partition coefficient (Wildman–Crippen LogP) is 3.60. The molecule has 3 rings (SSSR count). The van der Waals surface area contributed by atoms with Gasteiger partial charge in [-0.05, 0) is 43.3 Å². The van der Waals surface area contributed by atoms with E-state index in [9.17, 15) is 9.59 Å². The number of rotatable bonds is 4. The molecule has 1 aliphatic rings. The number of methoxy groups -OCH3 is 1. The SMILES string of the molecule is C=C(C)C(=O)Oc1cccc2c1OC(C)(c1ccc(OC)cc1)OC2=O. The lowest BCUT2D eigenvalue weighted by atomic mass is 10.0. The van der Waals surface area contributed by atoms with Crippen molar-refractivity contribution in [3.8, 4) is 17.2 Å². The van der Waals surface area contributed by atoms with Gasteiger partial charge >= 0.3 is 11.9 Å². The highest BCUT2D eigenvalue weighted by atomic mass is 16.7. The highest BCUT2D eigenvalue weighted by Gasteiger charge is 2.41. The van der Waals surface area contributed by atoms with Crippen LogP contribution in [0.4, 0.5) is 0 Å². The smallest absolute Gasteiger partial charge is 0.345 e. The van der Waals surface area contributed by atoms with Crippen molar-refractivity contribution in [1.29, 1.82) is 0 Å². The second-order valence-electron chi connectivity index (χ2n) is 5.97. The molecule has 2 aromatic rings. The first-order valence-electron chi connectivity index (χ1n) is 7.91. The van der Waals surface area contributed by atoms with Gasteiger partial charge in [-0.2, -0.15) is 0 Å². The number of cyclic esters (lactones) is 1. The molecule has 0 fully saturated rings. The average Bonchev–Trinajstić information content (AvgIpc) is 2.62. The van der Waals surface area contributed by atoms with Crippen LogP contribution >= 0.6 is 0 Å². The summed E-state index contributed by atoms with van der Waals surface area (Å²) in [6.45, 7) is 6.71. The Morgan fingerprint density at radius 3 is 2.42 bits per heavy atom. The van der Waals surface area contributed by atoms with E-state index in [4.69, 9.17) is 18.9 Å². The molecule has 1 unspecified atom stereocenters. The largest absolute Gasteiger partial charge is 0.497 e. The summed E-state index contributed by atoms with van der Waals surface area (Å²) < 4.78 is 21.9. The van der Waals surface area contributed by atoms with Crippen LogP contribution in [-0.4, -0.2) is 19.0 Å². The molecule has 0 N–H and O–H groups in total. The third-order valence-corrected chi connectivity index (χ3v) is 3.95. The van der Waals surface area contributed by atoms with E-state index in [0.717, 1.165) is 0 Å². The highest BCUT2D eigenvalue weighted by molar-refractivity contribution is 5.96. The zero-order chi connectivity index (χ0) is 18.9. The van der Waals surface area contributed by atoms with Crippen LogP contribution in [0.15, 0.2) is 54.6 Å². The van der Waals surface area contributed by atoms with Gasteiger partial charge in [-0.15, -0.1) is 0 Å². The fourth-order valence-corrected chi connectivity index (χ4v) is 2.51. The molecule has 6 nitrogen and oxygen atoms in total. The standard InChI is InChI=1S/C20H18O6/c1-12(2)18(21)24-16-7-5-6-15-17(16)25-20(3,26-19(15)22)13-8-10-14(23-4)11-9-13/h5-11H,1H2,2-4H3. The maximum atomic E-state index is 12.5. The molecule has 0 aromatic heterocycles. The fraction of sp³-hybridized carbons (Fsp3) is 0.200. The number of fused-ring (bicyclic) bond motifs is 1. The third kappa shape index (κ3) is 3.13. The van der Waals surface area contributed by atoms with E-state index in [-0.39, 0.29) is 22.6 Å². The van der Waals surface area contributed by atoms with Crippen LogP contribution in [0.3, 0.4) is 0 Å². The van der Waals surface area contributed by atoms with Gasteiger partial charge in [0.15, 0.2) is 11.5 Å². The third-order valence-electron chi connectivity index (χ3n) is 3.95. The molecule has 1 aliphatic heterocycles. The summed E-state index contributed by atoms with van der Waals surface area (Å²) in [4.78, 5) is 24.4. The van der Waals surface area contributed by atoms with Crippen molar-refractivity contribution in [2.24, 2.45) is 0 Å². The van der Waals surface area contributed by atoms with Crippen LogP contribution in [-0.2, 0) is 15.3 Å². The molecule has 0 saturated carbocycles. The van der Waals surface area contributed by atoms with Gasteiger partial charge in [0.05, 0.1) is 7.11 Å². The summed E-state index contributed by atoms with van der Waals surface area (Å²) in [7, 11) is 1.56. The number of ether oxygens (including phenoxy) is 4. The summed E-state index contributed by atoms with van der Waals surface area (Å²) in [6.07, 6.45) is 0. The van der Waals surface area contributed by atoms with E-state index in [1.807, 2.05) is 0 Å². The maximum Gasteiger partial charge on any atom is 0.345 e. The monoisotopic (exact) mass is 354 g/mol. The van der Waals surface area contributed by atoms with Gasteiger partial charge in [0.2, 0.25) is 0 Å². The second kappa shape index (κ2) is 6.55. The Morgan fingerprint density at radius 1 is 1.12 bits per heavy atom. The zero-order valence-corrected chi connectivity index (χ0v) is 14.7. The summed E-state index contributed by atoms with van der Waals surface area (Å²) in [5.74, 6) is -1.60. The Morgan fingerprint density at radius 2 is 1.81 bits per heavy atom. The highest BCUT2D eigenvalue weighted by Crippen LogP contribution is 2.43. The van der Waals surface area contributed by atoms with Crippen molar-refractivity contribution < 1.29 is 28.5 Å². The molecule has 0 bridgehead atoms. The van der Waals surface area contributed by atoms with Crippen molar-refractivity contribution in [2.75, 3.05) is 7.11 Å². The molecule has 0 spiro atoms. The van der Waals surface area contributed by atoms with Crippen molar-refractivity contribution in [3.05, 3.63) is 65.7 Å². The van der Waals surface area contributed by atoms with Crippen LogP contribution in [0, 0.1) is 0 Å². The molecule has 0 saturated heterocycles. The number of benzene rings is 2.